The van der Waals surface area contributed by atoms with Gasteiger partial charge in [0, 0.05) is 26.3 Å². The summed E-state index contributed by atoms with van der Waals surface area (Å²) < 4.78 is 22.5. The van der Waals surface area contributed by atoms with Crippen molar-refractivity contribution in [3.8, 4) is 0 Å². The zero-order valence-electron chi connectivity index (χ0n) is 14.6. The van der Waals surface area contributed by atoms with E-state index in [4.69, 9.17) is 5.14 Å². The predicted molar refractivity (Wildman–Crippen MR) is 100 cm³/mol. The zero-order chi connectivity index (χ0) is 18.3. The fourth-order valence-corrected chi connectivity index (χ4v) is 2.84. The second-order valence-corrected chi connectivity index (χ2v) is 7.44. The molecule has 0 aliphatic heterocycles. The van der Waals surface area contributed by atoms with Crippen molar-refractivity contribution in [1.82, 2.24) is 9.97 Å². The first-order chi connectivity index (χ1) is 11.9. The Morgan fingerprint density at radius 2 is 1.92 bits per heavy atom. The summed E-state index contributed by atoms with van der Waals surface area (Å²) in [4.78, 5) is 11.0. The van der Waals surface area contributed by atoms with E-state index < -0.39 is 10.0 Å². The lowest BCUT2D eigenvalue weighted by Crippen LogP contribution is -2.20. The average Bonchev–Trinajstić information content (AvgIpc) is 2.59. The lowest BCUT2D eigenvalue weighted by molar-refractivity contribution is 0.598. The van der Waals surface area contributed by atoms with Crippen LogP contribution in [0.1, 0.15) is 25.3 Å². The summed E-state index contributed by atoms with van der Waals surface area (Å²) in [6, 6.07) is 8.45. The van der Waals surface area contributed by atoms with Gasteiger partial charge in [0.15, 0.2) is 0 Å². The summed E-state index contributed by atoms with van der Waals surface area (Å²) in [7, 11) is -1.62. The SMILES string of the molecule is CCCCN(C)c1ccnc(NCCc2ccc(S(N)(=O)=O)cc2)n1. The van der Waals surface area contributed by atoms with Crippen molar-refractivity contribution in [1.29, 1.82) is 0 Å². The Balaban J connectivity index is 1.89. The van der Waals surface area contributed by atoms with Crippen LogP contribution in [0.3, 0.4) is 0 Å². The number of nitrogens with two attached hydrogens (primary N) is 1. The first-order valence-electron chi connectivity index (χ1n) is 8.30. The van der Waals surface area contributed by atoms with Crippen LogP contribution in [0, 0.1) is 0 Å². The largest absolute Gasteiger partial charge is 0.360 e. The number of primary sulfonamides is 1. The molecule has 0 unspecified atom stereocenters. The van der Waals surface area contributed by atoms with E-state index in [1.165, 1.54) is 12.1 Å². The van der Waals surface area contributed by atoms with Gasteiger partial charge in [-0.1, -0.05) is 25.5 Å². The Morgan fingerprint density at radius 3 is 2.56 bits per heavy atom. The molecule has 0 aliphatic carbocycles. The smallest absolute Gasteiger partial charge is 0.238 e. The zero-order valence-corrected chi connectivity index (χ0v) is 15.5. The molecule has 0 atom stereocenters. The molecular formula is C17H25N5O2S. The van der Waals surface area contributed by atoms with Gasteiger partial charge in [0.1, 0.15) is 5.82 Å². The van der Waals surface area contributed by atoms with Crippen molar-refractivity contribution in [2.45, 2.75) is 31.1 Å². The van der Waals surface area contributed by atoms with Crippen molar-refractivity contribution >= 4 is 21.8 Å². The highest BCUT2D eigenvalue weighted by Crippen LogP contribution is 2.12. The first-order valence-corrected chi connectivity index (χ1v) is 9.84. The number of sulfonamides is 1. The molecule has 7 nitrogen and oxygen atoms in total. The number of nitrogens with zero attached hydrogens (tertiary/aromatic N) is 3. The normalized spacial score (nSPS) is 11.3. The Hall–Kier alpha value is -2.19. The van der Waals surface area contributed by atoms with Crippen LogP contribution in [0.15, 0.2) is 41.4 Å². The molecule has 8 heteroatoms. The van der Waals surface area contributed by atoms with Gasteiger partial charge in [0.05, 0.1) is 4.90 Å². The lowest BCUT2D eigenvalue weighted by Gasteiger charge is -2.18. The highest BCUT2D eigenvalue weighted by Gasteiger charge is 2.07. The number of nitrogens with one attached hydrogen (secondary N) is 1. The van der Waals surface area contributed by atoms with Crippen LogP contribution in [0.5, 0.6) is 0 Å². The molecule has 0 saturated heterocycles. The molecule has 1 heterocycles. The minimum absolute atomic E-state index is 0.121. The van der Waals surface area contributed by atoms with Crippen molar-refractivity contribution in [2.24, 2.45) is 5.14 Å². The Bertz CT molecular complexity index is 778. The number of benzene rings is 1. The van der Waals surface area contributed by atoms with Crippen LogP contribution in [0.4, 0.5) is 11.8 Å². The van der Waals surface area contributed by atoms with Gasteiger partial charge in [-0.2, -0.15) is 4.98 Å². The molecule has 2 rings (SSSR count). The van der Waals surface area contributed by atoms with Crippen LogP contribution in [-0.4, -0.2) is 38.5 Å². The molecule has 1 aromatic carbocycles. The number of hydrogen-bond acceptors (Lipinski definition) is 6. The van der Waals surface area contributed by atoms with Crippen LogP contribution in [0.2, 0.25) is 0 Å². The van der Waals surface area contributed by atoms with Gasteiger partial charge in [0.2, 0.25) is 16.0 Å². The van der Waals surface area contributed by atoms with E-state index in [1.807, 2.05) is 13.1 Å². The Morgan fingerprint density at radius 1 is 1.20 bits per heavy atom. The molecular weight excluding hydrogens is 338 g/mol. The topological polar surface area (TPSA) is 101 Å². The van der Waals surface area contributed by atoms with Crippen LogP contribution in [-0.2, 0) is 16.4 Å². The third-order valence-electron chi connectivity index (χ3n) is 3.83. The third kappa shape index (κ3) is 5.99. The number of rotatable bonds is 9. The molecule has 0 aliphatic rings. The van der Waals surface area contributed by atoms with Gasteiger partial charge < -0.3 is 10.2 Å². The minimum atomic E-state index is -3.64. The molecule has 1 aromatic heterocycles. The lowest BCUT2D eigenvalue weighted by atomic mass is 10.1. The van der Waals surface area contributed by atoms with Crippen molar-refractivity contribution in [3.63, 3.8) is 0 Å². The molecule has 0 bridgehead atoms. The number of unbranched alkanes of at least 4 members (excludes halogenated alkanes) is 1. The number of anilines is 2. The summed E-state index contributed by atoms with van der Waals surface area (Å²) in [5, 5.41) is 8.29. The third-order valence-corrected chi connectivity index (χ3v) is 4.76. The van der Waals surface area contributed by atoms with Crippen molar-refractivity contribution in [3.05, 3.63) is 42.1 Å². The maximum Gasteiger partial charge on any atom is 0.238 e. The molecule has 2 aromatic rings. The van der Waals surface area contributed by atoms with Crippen LogP contribution < -0.4 is 15.4 Å². The standard InChI is InChI=1S/C17H25N5O2S/c1-3-4-13-22(2)16-10-12-20-17(21-16)19-11-9-14-5-7-15(8-6-14)25(18,23)24/h5-8,10,12H,3-4,9,11,13H2,1-2H3,(H2,18,23,24)(H,19,20,21). The van der Waals surface area contributed by atoms with E-state index in [9.17, 15) is 8.42 Å². The molecule has 25 heavy (non-hydrogen) atoms. The molecule has 0 fully saturated rings. The Kier molecular flexibility index (Phi) is 6.72. The van der Waals surface area contributed by atoms with Crippen molar-refractivity contribution in [2.75, 3.05) is 30.4 Å². The van der Waals surface area contributed by atoms with Crippen molar-refractivity contribution < 1.29 is 8.42 Å². The van der Waals surface area contributed by atoms with E-state index in [0.29, 0.717) is 12.5 Å². The van der Waals surface area contributed by atoms with E-state index in [-0.39, 0.29) is 4.90 Å². The minimum Gasteiger partial charge on any atom is -0.360 e. The average molecular weight is 363 g/mol. The molecule has 0 radical (unpaired) electrons. The van der Waals surface area contributed by atoms with Gasteiger partial charge in [-0.15, -0.1) is 0 Å². The van der Waals surface area contributed by atoms with Gasteiger partial charge in [-0.05, 0) is 36.6 Å². The fraction of sp³-hybridized carbons (Fsp3) is 0.412. The summed E-state index contributed by atoms with van der Waals surface area (Å²) in [6.45, 7) is 3.77. The van der Waals surface area contributed by atoms with E-state index in [1.54, 1.807) is 18.3 Å². The second-order valence-electron chi connectivity index (χ2n) is 5.88. The molecule has 0 amide bonds. The maximum atomic E-state index is 11.2. The molecule has 0 saturated carbocycles. The maximum absolute atomic E-state index is 11.2. The quantitative estimate of drug-likeness (QED) is 0.707. The highest BCUT2D eigenvalue weighted by atomic mass is 32.2. The molecule has 136 valence electrons. The molecule has 3 N–H and O–H groups in total. The Labute approximate surface area is 149 Å². The number of hydrogen-bond donors (Lipinski definition) is 2. The van der Waals surface area contributed by atoms with E-state index in [2.05, 4.69) is 27.1 Å². The van der Waals surface area contributed by atoms with E-state index >= 15 is 0 Å². The molecule has 0 spiro atoms. The predicted octanol–water partition coefficient (Wildman–Crippen LogP) is 2.01. The fourth-order valence-electron chi connectivity index (χ4n) is 2.32. The van der Waals surface area contributed by atoms with E-state index in [0.717, 1.165) is 37.2 Å². The van der Waals surface area contributed by atoms with Gasteiger partial charge in [0.25, 0.3) is 0 Å². The summed E-state index contributed by atoms with van der Waals surface area (Å²) in [5.74, 6) is 1.48. The van der Waals surface area contributed by atoms with Gasteiger partial charge in [-0.3, -0.25) is 0 Å². The van der Waals surface area contributed by atoms with Crippen LogP contribution in [0.25, 0.3) is 0 Å². The summed E-state index contributed by atoms with van der Waals surface area (Å²) >= 11 is 0. The second kappa shape index (κ2) is 8.77. The van der Waals surface area contributed by atoms with Crippen LogP contribution >= 0.6 is 0 Å². The van der Waals surface area contributed by atoms with Gasteiger partial charge in [-0.25, -0.2) is 18.5 Å². The highest BCUT2D eigenvalue weighted by molar-refractivity contribution is 7.89. The number of aromatic nitrogens is 2. The summed E-state index contributed by atoms with van der Waals surface area (Å²) in [5.41, 5.74) is 1.01. The first kappa shape index (κ1) is 19.1. The van der Waals surface area contributed by atoms with Gasteiger partial charge >= 0.3 is 0 Å². The summed E-state index contributed by atoms with van der Waals surface area (Å²) in [6.07, 6.45) is 4.74. The monoisotopic (exact) mass is 363 g/mol.